The average Bonchev–Trinajstić information content (AvgIpc) is 3.04. The number of nitrogens with one attached hydrogen (secondary N) is 1. The minimum Gasteiger partial charge on any atom is -0.462 e. The highest BCUT2D eigenvalue weighted by molar-refractivity contribution is 6.32. The zero-order valence-corrected chi connectivity index (χ0v) is 15.3. The highest BCUT2D eigenvalue weighted by Crippen LogP contribution is 2.32. The number of nitrogens with zero attached hydrogens (tertiary/aromatic N) is 2. The van der Waals surface area contributed by atoms with Gasteiger partial charge in [-0.2, -0.15) is 13.2 Å². The molecule has 1 amide bonds. The zero-order chi connectivity index (χ0) is 19.6. The van der Waals surface area contributed by atoms with Gasteiger partial charge in [-0.05, 0) is 31.2 Å². The lowest BCUT2D eigenvalue weighted by atomic mass is 10.2. The van der Waals surface area contributed by atoms with E-state index in [0.29, 0.717) is 37.8 Å². The number of hydrogen-bond acceptors (Lipinski definition) is 3. The van der Waals surface area contributed by atoms with Crippen molar-refractivity contribution in [3.8, 4) is 0 Å². The lowest BCUT2D eigenvalue weighted by Gasteiger charge is -2.30. The maximum atomic E-state index is 12.7. The Morgan fingerprint density at radius 1 is 1.26 bits per heavy atom. The van der Waals surface area contributed by atoms with E-state index < -0.39 is 11.7 Å². The summed E-state index contributed by atoms with van der Waals surface area (Å²) in [7, 11) is 0. The van der Waals surface area contributed by atoms with E-state index in [9.17, 15) is 18.0 Å². The van der Waals surface area contributed by atoms with Gasteiger partial charge in [-0.3, -0.25) is 9.69 Å². The Morgan fingerprint density at radius 2 is 1.96 bits per heavy atom. The van der Waals surface area contributed by atoms with Gasteiger partial charge < -0.3 is 9.32 Å². The molecule has 2 aromatic rings. The largest absolute Gasteiger partial charge is 0.462 e. The van der Waals surface area contributed by atoms with Crippen LogP contribution in [0.2, 0.25) is 5.02 Å². The number of H-pyrrole nitrogens is 1. The molecule has 2 aromatic heterocycles. The third kappa shape index (κ3) is 4.63. The molecular weight excluding hydrogens is 383 g/mol. The van der Waals surface area contributed by atoms with Crippen molar-refractivity contribution in [2.24, 2.45) is 0 Å². The molecule has 0 aliphatic carbocycles. The number of alkyl halides is 3. The molecule has 1 N–H and O–H groups in total. The first-order chi connectivity index (χ1) is 12.7. The normalized spacial score (nSPS) is 15.6. The quantitative estimate of drug-likeness (QED) is 0.742. The molecule has 0 saturated carbocycles. The summed E-state index contributed by atoms with van der Waals surface area (Å²) in [5.74, 6) is 1.63. The highest BCUT2D eigenvalue weighted by Gasteiger charge is 2.34. The van der Waals surface area contributed by atoms with Crippen molar-refractivity contribution in [3.05, 3.63) is 52.6 Å². The predicted molar refractivity (Wildman–Crippen MR) is 94.3 cm³/mol. The van der Waals surface area contributed by atoms with Crippen molar-refractivity contribution < 1.29 is 27.4 Å². The summed E-state index contributed by atoms with van der Waals surface area (Å²) in [6.07, 6.45) is -0.497. The maximum absolute atomic E-state index is 12.7. The van der Waals surface area contributed by atoms with Gasteiger partial charge in [0.15, 0.2) is 0 Å². The fraction of sp³-hybridized carbons (Fsp3) is 0.333. The molecule has 144 valence electrons. The van der Waals surface area contributed by atoms with Crippen molar-refractivity contribution in [1.29, 1.82) is 0 Å². The minimum absolute atomic E-state index is 0.00214. The lowest BCUT2D eigenvalue weighted by Crippen LogP contribution is -2.49. The summed E-state index contributed by atoms with van der Waals surface area (Å²) in [6.45, 7) is 3.61. The van der Waals surface area contributed by atoms with Crippen LogP contribution < -0.4 is 9.88 Å². The Hall–Kier alpha value is -2.48. The highest BCUT2D eigenvalue weighted by atomic mass is 35.5. The van der Waals surface area contributed by atoms with Gasteiger partial charge in [0.1, 0.15) is 35.8 Å². The van der Waals surface area contributed by atoms with E-state index in [1.807, 2.05) is 17.9 Å². The Morgan fingerprint density at radius 3 is 2.52 bits per heavy atom. The van der Waals surface area contributed by atoms with Crippen LogP contribution in [0.3, 0.4) is 0 Å². The van der Waals surface area contributed by atoms with Crippen molar-refractivity contribution in [3.63, 3.8) is 0 Å². The Kier molecular flexibility index (Phi) is 5.46. The van der Waals surface area contributed by atoms with Crippen LogP contribution in [0, 0.1) is 6.92 Å². The Labute approximate surface area is 159 Å². The van der Waals surface area contributed by atoms with E-state index in [0.717, 1.165) is 18.0 Å². The summed E-state index contributed by atoms with van der Waals surface area (Å²) in [5.41, 5.74) is -0.830. The second-order valence-corrected chi connectivity index (χ2v) is 6.58. The smallest absolute Gasteiger partial charge is 0.419 e. The first-order valence-electron chi connectivity index (χ1n) is 8.31. The van der Waals surface area contributed by atoms with Gasteiger partial charge in [0, 0.05) is 6.08 Å². The summed E-state index contributed by atoms with van der Waals surface area (Å²) in [6, 6.07) is 4.49. The van der Waals surface area contributed by atoms with E-state index >= 15 is 0 Å². The number of hydrogen-bond donors (Lipinski definition) is 0. The molecule has 1 fully saturated rings. The van der Waals surface area contributed by atoms with Crippen LogP contribution in [0.1, 0.15) is 17.1 Å². The molecule has 0 radical (unpaired) electrons. The second-order valence-electron chi connectivity index (χ2n) is 6.18. The van der Waals surface area contributed by atoms with Gasteiger partial charge >= 0.3 is 6.18 Å². The number of piperazine rings is 1. The number of halogens is 4. The molecule has 3 rings (SSSR count). The van der Waals surface area contributed by atoms with Crippen molar-refractivity contribution >= 4 is 29.4 Å². The van der Waals surface area contributed by atoms with E-state index in [-0.39, 0.29) is 10.9 Å². The van der Waals surface area contributed by atoms with Crippen LogP contribution in [-0.4, -0.2) is 37.0 Å². The molecule has 27 heavy (non-hydrogen) atoms. The first-order valence-corrected chi connectivity index (χ1v) is 8.68. The first kappa shape index (κ1) is 19.3. The molecule has 5 nitrogen and oxygen atoms in total. The van der Waals surface area contributed by atoms with E-state index in [2.05, 4.69) is 4.98 Å². The van der Waals surface area contributed by atoms with Crippen molar-refractivity contribution in [2.45, 2.75) is 13.1 Å². The van der Waals surface area contributed by atoms with Crippen molar-refractivity contribution in [2.75, 3.05) is 31.1 Å². The molecule has 0 spiro atoms. The molecule has 9 heteroatoms. The molecule has 0 atom stereocenters. The number of anilines is 1. The van der Waals surface area contributed by atoms with Gasteiger partial charge in [-0.25, -0.2) is 4.98 Å². The van der Waals surface area contributed by atoms with Crippen LogP contribution in [0.25, 0.3) is 6.08 Å². The lowest BCUT2D eigenvalue weighted by molar-refractivity contribution is -0.367. The summed E-state index contributed by atoms with van der Waals surface area (Å²) >= 11 is 6.01. The molecule has 1 aliphatic heterocycles. The number of pyridine rings is 1. The second kappa shape index (κ2) is 7.64. The van der Waals surface area contributed by atoms with Gasteiger partial charge in [0.25, 0.3) is 5.82 Å². The van der Waals surface area contributed by atoms with E-state index in [1.54, 1.807) is 17.0 Å². The topological polar surface area (TPSA) is 50.8 Å². The number of furan rings is 1. The van der Waals surface area contributed by atoms with E-state index in [1.165, 1.54) is 6.08 Å². The van der Waals surface area contributed by atoms with Crippen LogP contribution >= 0.6 is 11.6 Å². The summed E-state index contributed by atoms with van der Waals surface area (Å²) in [4.78, 5) is 18.4. The number of aromatic nitrogens is 1. The van der Waals surface area contributed by atoms with Crippen LogP contribution in [0.5, 0.6) is 0 Å². The summed E-state index contributed by atoms with van der Waals surface area (Å²) < 4.78 is 43.6. The maximum Gasteiger partial charge on any atom is 0.419 e. The average molecular weight is 401 g/mol. The number of aromatic amines is 1. The van der Waals surface area contributed by atoms with Gasteiger partial charge in [-0.15, -0.1) is 0 Å². The standard InChI is InChI=1S/C18H17ClF3N3O2/c1-12-2-3-14(27-12)4-5-16(26)24-6-8-25(9-7-24)17-15(19)10-13(11-23-17)18(20,21)22/h2-5,10-11H,6-9H2,1H3/p+1/b5-4+. The van der Waals surface area contributed by atoms with Gasteiger partial charge in [0.2, 0.25) is 5.91 Å². The van der Waals surface area contributed by atoms with Crippen LogP contribution in [0.15, 0.2) is 34.9 Å². The molecule has 0 unspecified atom stereocenters. The molecule has 0 aromatic carbocycles. The number of aryl methyl sites for hydroxylation is 1. The third-order valence-corrected chi connectivity index (χ3v) is 4.55. The molecule has 1 aliphatic rings. The summed E-state index contributed by atoms with van der Waals surface area (Å²) in [5, 5.41) is -0.00214. The Balaban J connectivity index is 1.60. The molecule has 3 heterocycles. The Bertz CT molecular complexity index is 856. The zero-order valence-electron chi connectivity index (χ0n) is 14.5. The number of rotatable bonds is 3. The van der Waals surface area contributed by atoms with Gasteiger partial charge in [0.05, 0.1) is 18.7 Å². The van der Waals surface area contributed by atoms with Crippen LogP contribution in [-0.2, 0) is 11.0 Å². The van der Waals surface area contributed by atoms with Crippen LogP contribution in [0.4, 0.5) is 19.0 Å². The molecular formula is C18H18ClF3N3O2+. The SMILES string of the molecule is Cc1ccc(/C=C/C(=O)N2CCN(c3[nH+]cc(C(F)(F)F)cc3Cl)CC2)o1. The number of carbonyl (C=O) groups is 1. The van der Waals surface area contributed by atoms with Crippen molar-refractivity contribution in [1.82, 2.24) is 4.90 Å². The minimum atomic E-state index is -4.46. The number of carbonyl (C=O) groups excluding carboxylic acids is 1. The fourth-order valence-electron chi connectivity index (χ4n) is 2.82. The predicted octanol–water partition coefficient (Wildman–Crippen LogP) is 3.44. The number of amides is 1. The van der Waals surface area contributed by atoms with Gasteiger partial charge in [-0.1, -0.05) is 11.6 Å². The third-order valence-electron chi connectivity index (χ3n) is 4.26. The fourth-order valence-corrected chi connectivity index (χ4v) is 3.11. The molecule has 0 bridgehead atoms. The monoisotopic (exact) mass is 400 g/mol. The van der Waals surface area contributed by atoms with E-state index in [4.69, 9.17) is 16.0 Å². The molecule has 1 saturated heterocycles.